The Morgan fingerprint density at radius 2 is 1.51 bits per heavy atom. The van der Waals surface area contributed by atoms with E-state index in [1.54, 1.807) is 24.4 Å². The van der Waals surface area contributed by atoms with Crippen molar-refractivity contribution in [1.29, 1.82) is 0 Å². The standard InChI is InChI=1S/C24H16F6N4.Pt/c1-22(2,20-13-14-34(33-20)16-11-9-15(10-12-16)23(25,26)27)19-7-3-5-17(31-19)18-6-4-8-21(32-18)24(28,29)30;/h3-5,7-11,13-14H,1-2H3;/q-2;+2. The van der Waals surface area contributed by atoms with Gasteiger partial charge in [-0.25, -0.2) is 0 Å². The van der Waals surface area contributed by atoms with E-state index in [9.17, 15) is 26.3 Å². The molecule has 4 aromatic rings. The Morgan fingerprint density at radius 1 is 0.771 bits per heavy atom. The van der Waals surface area contributed by atoms with Gasteiger partial charge in [0.1, 0.15) is 0 Å². The number of aromatic nitrogens is 4. The number of hydrogen-bond acceptors (Lipinski definition) is 3. The number of benzene rings is 1. The first-order chi connectivity index (χ1) is 15.9. The Kier molecular flexibility index (Phi) is 7.27. The molecule has 0 aliphatic rings. The molecule has 4 rings (SSSR count). The molecule has 0 saturated heterocycles. The summed E-state index contributed by atoms with van der Waals surface area (Å²) >= 11 is 0. The molecule has 35 heavy (non-hydrogen) atoms. The van der Waals surface area contributed by atoms with Crippen molar-refractivity contribution >= 4 is 0 Å². The normalized spacial score (nSPS) is 12.3. The van der Waals surface area contributed by atoms with Crippen LogP contribution in [0.4, 0.5) is 26.3 Å². The van der Waals surface area contributed by atoms with Crippen LogP contribution in [0, 0.1) is 12.1 Å². The topological polar surface area (TPSA) is 43.6 Å². The Labute approximate surface area is 211 Å². The van der Waals surface area contributed by atoms with Gasteiger partial charge in [0.05, 0.1) is 11.4 Å². The molecule has 184 valence electrons. The van der Waals surface area contributed by atoms with Crippen molar-refractivity contribution in [3.8, 4) is 17.1 Å². The number of nitrogens with zero attached hydrogens (tertiary/aromatic N) is 4. The van der Waals surface area contributed by atoms with Gasteiger partial charge in [-0.05, 0) is 43.1 Å². The second-order valence-electron chi connectivity index (χ2n) is 7.96. The summed E-state index contributed by atoms with van der Waals surface area (Å²) in [5.41, 5.74) is -1.09. The minimum Gasteiger partial charge on any atom is -0.314 e. The quantitative estimate of drug-likeness (QED) is 0.190. The molecule has 1 aromatic carbocycles. The Morgan fingerprint density at radius 3 is 2.14 bits per heavy atom. The van der Waals surface area contributed by atoms with E-state index in [4.69, 9.17) is 0 Å². The number of hydrogen-bond donors (Lipinski definition) is 0. The Balaban J connectivity index is 0.00000342. The fourth-order valence-electron chi connectivity index (χ4n) is 3.25. The molecule has 0 N–H and O–H groups in total. The Bertz CT molecular complexity index is 1310. The summed E-state index contributed by atoms with van der Waals surface area (Å²) in [5, 5.41) is 4.46. The van der Waals surface area contributed by atoms with Crippen LogP contribution in [-0.2, 0) is 38.8 Å². The molecular formula is C24H16F6N4Pt. The Hall–Kier alpha value is -3.00. The molecule has 3 aromatic heterocycles. The van der Waals surface area contributed by atoms with Gasteiger partial charge in [-0.15, -0.1) is 12.1 Å². The second-order valence-corrected chi connectivity index (χ2v) is 7.96. The van der Waals surface area contributed by atoms with Crippen LogP contribution in [-0.4, -0.2) is 19.7 Å². The first-order valence-corrected chi connectivity index (χ1v) is 9.95. The van der Waals surface area contributed by atoms with Gasteiger partial charge in [0, 0.05) is 17.3 Å². The molecule has 0 amide bonds. The molecule has 0 aliphatic carbocycles. The van der Waals surface area contributed by atoms with Crippen molar-refractivity contribution in [3.63, 3.8) is 0 Å². The van der Waals surface area contributed by atoms with Crippen LogP contribution in [0.25, 0.3) is 17.1 Å². The van der Waals surface area contributed by atoms with Crippen LogP contribution in [0.5, 0.6) is 0 Å². The van der Waals surface area contributed by atoms with Gasteiger partial charge in [-0.1, -0.05) is 17.7 Å². The molecular weight excluding hydrogens is 653 g/mol. The third-order valence-corrected chi connectivity index (χ3v) is 5.22. The monoisotopic (exact) mass is 669 g/mol. The van der Waals surface area contributed by atoms with Crippen molar-refractivity contribution in [1.82, 2.24) is 19.7 Å². The summed E-state index contributed by atoms with van der Waals surface area (Å²) in [5.74, 6) is 0. The molecule has 0 spiro atoms. The second kappa shape index (κ2) is 9.57. The summed E-state index contributed by atoms with van der Waals surface area (Å²) in [6.45, 7) is 3.65. The summed E-state index contributed by atoms with van der Waals surface area (Å²) in [7, 11) is 0. The molecule has 0 unspecified atom stereocenters. The van der Waals surface area contributed by atoms with Gasteiger partial charge in [0.15, 0.2) is 0 Å². The van der Waals surface area contributed by atoms with Crippen molar-refractivity contribution < 1.29 is 47.4 Å². The first kappa shape index (κ1) is 26.6. The molecule has 11 heteroatoms. The van der Waals surface area contributed by atoms with Crippen LogP contribution >= 0.6 is 0 Å². The van der Waals surface area contributed by atoms with Crippen molar-refractivity contribution in [2.24, 2.45) is 0 Å². The first-order valence-electron chi connectivity index (χ1n) is 9.95. The number of alkyl halides is 6. The average Bonchev–Trinajstić information content (AvgIpc) is 3.29. The van der Waals surface area contributed by atoms with E-state index in [0.717, 1.165) is 24.3 Å². The van der Waals surface area contributed by atoms with E-state index in [0.29, 0.717) is 17.1 Å². The van der Waals surface area contributed by atoms with Gasteiger partial charge in [-0.3, -0.25) is 9.67 Å². The summed E-state index contributed by atoms with van der Waals surface area (Å²) in [4.78, 5) is 8.12. The van der Waals surface area contributed by atoms with Crippen molar-refractivity contribution in [2.45, 2.75) is 31.6 Å². The number of halogens is 6. The van der Waals surface area contributed by atoms with Crippen LogP contribution < -0.4 is 0 Å². The molecule has 4 nitrogen and oxygen atoms in total. The number of pyridine rings is 2. The van der Waals surface area contributed by atoms with Gasteiger partial charge >= 0.3 is 33.4 Å². The molecule has 0 bridgehead atoms. The zero-order chi connectivity index (χ0) is 24.7. The maximum Gasteiger partial charge on any atom is 2.00 e. The smallest absolute Gasteiger partial charge is 0.314 e. The van der Waals surface area contributed by atoms with Crippen molar-refractivity contribution in [3.05, 3.63) is 95.6 Å². The van der Waals surface area contributed by atoms with Gasteiger partial charge < -0.3 is 4.98 Å². The molecule has 0 radical (unpaired) electrons. The van der Waals surface area contributed by atoms with Crippen LogP contribution in [0.15, 0.2) is 60.8 Å². The van der Waals surface area contributed by atoms with Crippen LogP contribution in [0.1, 0.15) is 36.5 Å². The fourth-order valence-corrected chi connectivity index (χ4v) is 3.25. The predicted octanol–water partition coefficient (Wildman–Crippen LogP) is 6.29. The molecule has 0 atom stereocenters. The predicted molar refractivity (Wildman–Crippen MR) is 111 cm³/mol. The summed E-state index contributed by atoms with van der Waals surface area (Å²) < 4.78 is 78.9. The number of rotatable bonds is 4. The molecule has 3 heterocycles. The molecule has 0 fully saturated rings. The molecule has 0 aliphatic heterocycles. The zero-order valence-electron chi connectivity index (χ0n) is 18.1. The average molecular weight is 669 g/mol. The van der Waals surface area contributed by atoms with Crippen molar-refractivity contribution in [2.75, 3.05) is 0 Å². The van der Waals surface area contributed by atoms with Gasteiger partial charge in [0.2, 0.25) is 0 Å². The van der Waals surface area contributed by atoms with E-state index in [1.165, 1.54) is 16.8 Å². The van der Waals surface area contributed by atoms with E-state index < -0.39 is 29.0 Å². The van der Waals surface area contributed by atoms with Gasteiger partial charge in [0.25, 0.3) is 0 Å². The molecule has 0 saturated carbocycles. The largest absolute Gasteiger partial charge is 2.00 e. The third kappa shape index (κ3) is 5.64. The third-order valence-electron chi connectivity index (χ3n) is 5.22. The van der Waals surface area contributed by atoms with E-state index in [1.807, 2.05) is 13.8 Å². The van der Waals surface area contributed by atoms with Crippen LogP contribution in [0.3, 0.4) is 0 Å². The minimum atomic E-state index is -4.59. The fraction of sp³-hybridized carbons (Fsp3) is 0.208. The summed E-state index contributed by atoms with van der Waals surface area (Å²) in [6, 6.07) is 16.9. The van der Waals surface area contributed by atoms with E-state index in [-0.39, 0.29) is 32.5 Å². The maximum atomic E-state index is 13.0. The maximum absolute atomic E-state index is 13.0. The SMILES string of the molecule is CC(C)(c1cccc(-c2[c-]ccc(C(F)(F)F)n2)n1)c1ccn(-c2[c-]cc(C(F)(F)F)cc2)n1.[Pt+2]. The zero-order valence-corrected chi connectivity index (χ0v) is 20.4. The van der Waals surface area contributed by atoms with E-state index in [2.05, 4.69) is 27.2 Å². The van der Waals surface area contributed by atoms with Crippen LogP contribution in [0.2, 0.25) is 0 Å². The summed E-state index contributed by atoms with van der Waals surface area (Å²) in [6.07, 6.45) is -7.47. The van der Waals surface area contributed by atoms with Gasteiger partial charge in [-0.2, -0.15) is 61.8 Å². The van der Waals surface area contributed by atoms with E-state index >= 15 is 0 Å². The minimum absolute atomic E-state index is 0.